The Morgan fingerprint density at radius 1 is 1.14 bits per heavy atom. The Kier molecular flexibility index (Phi) is 7.11. The number of fused-ring (bicyclic) bond motifs is 1. The highest BCUT2D eigenvalue weighted by molar-refractivity contribution is 6.03. The standard InChI is InChI=1S/C28H34N6O2/c1-18-9-7-8-10-22(18)24(32-36-28(2,3)4)19-11-14-21(15-12-19)33(5)26-25-23(34(6)27(35)31-26)16-13-20(17-29)30-25/h7-10,13,16,19,21H,11-12,14-15H2,1-6H3/b32-24-/t19-,21-. The van der Waals surface area contributed by atoms with Crippen LogP contribution < -0.4 is 10.6 Å². The molecule has 1 fully saturated rings. The van der Waals surface area contributed by atoms with Gasteiger partial charge in [0.25, 0.3) is 0 Å². The highest BCUT2D eigenvalue weighted by atomic mass is 16.6. The number of nitriles is 1. The number of benzene rings is 1. The smallest absolute Gasteiger partial charge is 0.349 e. The van der Waals surface area contributed by atoms with Gasteiger partial charge in [0.2, 0.25) is 0 Å². The number of aryl methyl sites for hydroxylation is 2. The Morgan fingerprint density at radius 2 is 1.83 bits per heavy atom. The summed E-state index contributed by atoms with van der Waals surface area (Å²) in [5.74, 6) is 0.798. The molecule has 1 aliphatic rings. The molecule has 36 heavy (non-hydrogen) atoms. The summed E-state index contributed by atoms with van der Waals surface area (Å²) < 4.78 is 1.47. The van der Waals surface area contributed by atoms with E-state index in [1.54, 1.807) is 19.2 Å². The zero-order chi connectivity index (χ0) is 26.0. The van der Waals surface area contributed by atoms with E-state index in [0.29, 0.717) is 22.5 Å². The van der Waals surface area contributed by atoms with Crippen molar-refractivity contribution in [2.24, 2.45) is 18.1 Å². The monoisotopic (exact) mass is 486 g/mol. The number of pyridine rings is 1. The van der Waals surface area contributed by atoms with Crippen molar-refractivity contribution >= 4 is 22.6 Å². The van der Waals surface area contributed by atoms with Gasteiger partial charge in [-0.3, -0.25) is 4.57 Å². The van der Waals surface area contributed by atoms with Gasteiger partial charge in [0.05, 0.1) is 11.2 Å². The van der Waals surface area contributed by atoms with E-state index in [2.05, 4.69) is 45.1 Å². The Balaban J connectivity index is 1.60. The van der Waals surface area contributed by atoms with E-state index in [9.17, 15) is 10.1 Å². The molecule has 0 saturated heterocycles. The molecule has 1 aliphatic carbocycles. The molecule has 4 rings (SSSR count). The highest BCUT2D eigenvalue weighted by Gasteiger charge is 2.31. The molecule has 0 spiro atoms. The van der Waals surface area contributed by atoms with Crippen molar-refractivity contribution in [3.8, 4) is 6.07 Å². The lowest BCUT2D eigenvalue weighted by molar-refractivity contribution is -0.0000375. The zero-order valence-corrected chi connectivity index (χ0v) is 21.9. The Morgan fingerprint density at radius 3 is 2.47 bits per heavy atom. The van der Waals surface area contributed by atoms with Gasteiger partial charge < -0.3 is 9.74 Å². The molecule has 1 aromatic carbocycles. The summed E-state index contributed by atoms with van der Waals surface area (Å²) in [4.78, 5) is 29.4. The second-order valence-corrected chi connectivity index (χ2v) is 10.6. The number of oxime groups is 1. The molecule has 0 bridgehead atoms. The topological polar surface area (TPSA) is 96.4 Å². The first kappa shape index (κ1) is 25.4. The summed E-state index contributed by atoms with van der Waals surface area (Å²) in [6.07, 6.45) is 3.71. The molecule has 0 aliphatic heterocycles. The van der Waals surface area contributed by atoms with Gasteiger partial charge in [0.15, 0.2) is 5.82 Å². The minimum atomic E-state index is -0.368. The summed E-state index contributed by atoms with van der Waals surface area (Å²) in [5, 5.41) is 14.0. The number of nitrogens with zero attached hydrogens (tertiary/aromatic N) is 6. The second kappa shape index (κ2) is 10.1. The Labute approximate surface area is 212 Å². The fourth-order valence-electron chi connectivity index (χ4n) is 4.82. The third-order valence-corrected chi connectivity index (χ3v) is 6.85. The number of aromatic nitrogens is 3. The van der Waals surface area contributed by atoms with Crippen LogP contribution in [0.5, 0.6) is 0 Å². The summed E-state index contributed by atoms with van der Waals surface area (Å²) in [6.45, 7) is 8.12. The molecular formula is C28H34N6O2. The van der Waals surface area contributed by atoms with E-state index in [0.717, 1.165) is 37.0 Å². The lowest BCUT2D eigenvalue weighted by Crippen LogP contribution is -2.39. The second-order valence-electron chi connectivity index (χ2n) is 10.6. The third kappa shape index (κ3) is 5.25. The van der Waals surface area contributed by atoms with Crippen LogP contribution in [0.2, 0.25) is 0 Å². The lowest BCUT2D eigenvalue weighted by atomic mass is 9.80. The van der Waals surface area contributed by atoms with Crippen molar-refractivity contribution in [1.82, 2.24) is 14.5 Å². The predicted molar refractivity (Wildman–Crippen MR) is 142 cm³/mol. The van der Waals surface area contributed by atoms with Crippen LogP contribution in [0.3, 0.4) is 0 Å². The van der Waals surface area contributed by atoms with E-state index in [1.807, 2.05) is 40.0 Å². The van der Waals surface area contributed by atoms with E-state index in [4.69, 9.17) is 4.84 Å². The molecule has 8 nitrogen and oxygen atoms in total. The average Bonchev–Trinajstić information content (AvgIpc) is 2.86. The minimum Gasteiger partial charge on any atom is -0.390 e. The third-order valence-electron chi connectivity index (χ3n) is 6.85. The van der Waals surface area contributed by atoms with Gasteiger partial charge in [-0.2, -0.15) is 10.2 Å². The molecular weight excluding hydrogens is 452 g/mol. The van der Waals surface area contributed by atoms with Gasteiger partial charge in [0.1, 0.15) is 22.9 Å². The van der Waals surface area contributed by atoms with Crippen molar-refractivity contribution in [1.29, 1.82) is 5.26 Å². The average molecular weight is 487 g/mol. The van der Waals surface area contributed by atoms with Crippen molar-refractivity contribution in [3.63, 3.8) is 0 Å². The number of rotatable bonds is 5. The lowest BCUT2D eigenvalue weighted by Gasteiger charge is -2.36. The molecule has 0 amide bonds. The van der Waals surface area contributed by atoms with Crippen molar-refractivity contribution in [3.05, 3.63) is 63.7 Å². The molecule has 0 N–H and O–H groups in total. The van der Waals surface area contributed by atoms with Gasteiger partial charge in [0, 0.05) is 31.6 Å². The normalized spacial score (nSPS) is 18.6. The number of hydrogen-bond acceptors (Lipinski definition) is 7. The molecule has 3 aromatic rings. The first-order chi connectivity index (χ1) is 17.1. The summed E-state index contributed by atoms with van der Waals surface area (Å²) in [6, 6.07) is 14.0. The van der Waals surface area contributed by atoms with Crippen LogP contribution in [0.4, 0.5) is 5.82 Å². The van der Waals surface area contributed by atoms with E-state index < -0.39 is 0 Å². The van der Waals surface area contributed by atoms with Crippen LogP contribution in [-0.2, 0) is 11.9 Å². The van der Waals surface area contributed by atoms with Gasteiger partial charge in [-0.15, -0.1) is 0 Å². The van der Waals surface area contributed by atoms with Gasteiger partial charge >= 0.3 is 5.69 Å². The minimum absolute atomic E-state index is 0.193. The van der Waals surface area contributed by atoms with Gasteiger partial charge in [-0.05, 0) is 71.1 Å². The maximum Gasteiger partial charge on any atom is 0.349 e. The van der Waals surface area contributed by atoms with Crippen LogP contribution in [0, 0.1) is 24.2 Å². The first-order valence-corrected chi connectivity index (χ1v) is 12.4. The molecule has 2 heterocycles. The summed E-state index contributed by atoms with van der Waals surface area (Å²) in [7, 11) is 3.64. The van der Waals surface area contributed by atoms with Crippen molar-refractivity contribution in [2.45, 2.75) is 65.0 Å². The number of anilines is 1. The van der Waals surface area contributed by atoms with Crippen LogP contribution in [0.25, 0.3) is 11.0 Å². The maximum absolute atomic E-state index is 12.6. The largest absolute Gasteiger partial charge is 0.390 e. The Bertz CT molecular complexity index is 1390. The zero-order valence-electron chi connectivity index (χ0n) is 21.9. The predicted octanol–water partition coefficient (Wildman–Crippen LogP) is 4.72. The van der Waals surface area contributed by atoms with Gasteiger partial charge in [-0.25, -0.2) is 9.78 Å². The highest BCUT2D eigenvalue weighted by Crippen LogP contribution is 2.34. The molecule has 0 radical (unpaired) electrons. The van der Waals surface area contributed by atoms with Crippen molar-refractivity contribution in [2.75, 3.05) is 11.9 Å². The molecule has 188 valence electrons. The quantitative estimate of drug-likeness (QED) is 0.382. The van der Waals surface area contributed by atoms with Crippen molar-refractivity contribution < 1.29 is 4.84 Å². The molecule has 0 unspecified atom stereocenters. The first-order valence-electron chi connectivity index (χ1n) is 12.4. The van der Waals surface area contributed by atoms with Crippen LogP contribution in [-0.4, -0.2) is 38.9 Å². The molecule has 2 aromatic heterocycles. The van der Waals surface area contributed by atoms with Gasteiger partial charge in [-0.1, -0.05) is 29.4 Å². The summed E-state index contributed by atoms with van der Waals surface area (Å²) in [5.41, 5.74) is 4.15. The van der Waals surface area contributed by atoms with E-state index >= 15 is 0 Å². The van der Waals surface area contributed by atoms with Crippen LogP contribution >= 0.6 is 0 Å². The van der Waals surface area contributed by atoms with E-state index in [-0.39, 0.29) is 23.3 Å². The van der Waals surface area contributed by atoms with E-state index in [1.165, 1.54) is 10.1 Å². The maximum atomic E-state index is 12.6. The molecule has 1 saturated carbocycles. The Hall–Kier alpha value is -3.73. The molecule has 0 atom stereocenters. The van der Waals surface area contributed by atoms with Crippen LogP contribution in [0.15, 0.2) is 46.3 Å². The SMILES string of the molecule is Cc1ccccc1/C(=N\OC(C)(C)C)[C@H]1CC[C@H](N(C)c2nc(=O)n(C)c3ccc(C#N)nc23)CC1. The summed E-state index contributed by atoms with van der Waals surface area (Å²) >= 11 is 0. The number of hydrogen-bond donors (Lipinski definition) is 0. The fraction of sp³-hybridized carbons (Fsp3) is 0.464. The van der Waals surface area contributed by atoms with Crippen LogP contribution in [0.1, 0.15) is 63.3 Å². The molecule has 8 heteroatoms. The fourth-order valence-corrected chi connectivity index (χ4v) is 4.82.